The fourth-order valence-electron chi connectivity index (χ4n) is 3.35. The Kier molecular flexibility index (Phi) is 5.12. The Morgan fingerprint density at radius 1 is 1.14 bits per heavy atom. The predicted molar refractivity (Wildman–Crippen MR) is 102 cm³/mol. The Hall–Kier alpha value is -2.75. The first-order valence-electron chi connectivity index (χ1n) is 9.15. The van der Waals surface area contributed by atoms with E-state index in [9.17, 15) is 12.3 Å². The maximum atomic E-state index is 13.0. The zero-order valence-corrected chi connectivity index (χ0v) is 15.9. The minimum Gasteiger partial charge on any atom is -0.476 e. The SMILES string of the molecule is O=S(=O)(F)c1ccc(Nc2nc(OCC3CCCCC3)c3[nH]cnc3n2)cc1. The molecule has 1 aliphatic carbocycles. The number of hydrogen-bond acceptors (Lipinski definition) is 7. The van der Waals surface area contributed by atoms with Crippen LogP contribution in [0.5, 0.6) is 5.88 Å². The zero-order chi connectivity index (χ0) is 19.6. The smallest absolute Gasteiger partial charge is 0.332 e. The topological polar surface area (TPSA) is 110 Å². The Morgan fingerprint density at radius 2 is 1.89 bits per heavy atom. The summed E-state index contributed by atoms with van der Waals surface area (Å²) in [6.45, 7) is 0.591. The van der Waals surface area contributed by atoms with E-state index in [1.807, 2.05) is 0 Å². The number of halogens is 1. The second-order valence-electron chi connectivity index (χ2n) is 6.86. The van der Waals surface area contributed by atoms with Gasteiger partial charge in [0, 0.05) is 5.69 Å². The van der Waals surface area contributed by atoms with Crippen molar-refractivity contribution in [1.82, 2.24) is 19.9 Å². The fourth-order valence-corrected chi connectivity index (χ4v) is 3.81. The van der Waals surface area contributed by atoms with Crippen LogP contribution in [0.4, 0.5) is 15.5 Å². The standard InChI is InChI=1S/C18H20FN5O3S/c19-28(25,26)14-8-6-13(7-9-14)22-18-23-16-15(20-11-21-16)17(24-18)27-10-12-4-2-1-3-5-12/h6-9,11-12H,1-5,10H2,(H2,20,21,22,23,24). The molecule has 28 heavy (non-hydrogen) atoms. The van der Waals surface area contributed by atoms with Crippen molar-refractivity contribution >= 4 is 33.0 Å². The van der Waals surface area contributed by atoms with Gasteiger partial charge in [-0.3, -0.25) is 0 Å². The largest absolute Gasteiger partial charge is 0.476 e. The van der Waals surface area contributed by atoms with Crippen LogP contribution in [-0.4, -0.2) is 35.0 Å². The van der Waals surface area contributed by atoms with Crippen LogP contribution in [0, 0.1) is 5.92 Å². The van der Waals surface area contributed by atoms with Gasteiger partial charge >= 0.3 is 10.2 Å². The molecule has 2 aromatic heterocycles. The first-order valence-corrected chi connectivity index (χ1v) is 10.5. The number of rotatable bonds is 6. The van der Waals surface area contributed by atoms with Crippen molar-refractivity contribution in [2.75, 3.05) is 11.9 Å². The number of aromatic nitrogens is 4. The van der Waals surface area contributed by atoms with E-state index in [0.717, 1.165) is 12.8 Å². The number of aromatic amines is 1. The third-order valence-electron chi connectivity index (χ3n) is 4.82. The van der Waals surface area contributed by atoms with Gasteiger partial charge < -0.3 is 15.0 Å². The third kappa shape index (κ3) is 4.22. The number of benzene rings is 1. The molecule has 4 rings (SSSR count). The molecule has 1 aliphatic rings. The van der Waals surface area contributed by atoms with Crippen LogP contribution in [0.1, 0.15) is 32.1 Å². The van der Waals surface area contributed by atoms with Crippen molar-refractivity contribution in [3.05, 3.63) is 30.6 Å². The van der Waals surface area contributed by atoms with E-state index in [1.54, 1.807) is 0 Å². The van der Waals surface area contributed by atoms with Crippen LogP contribution < -0.4 is 10.1 Å². The number of anilines is 2. The maximum absolute atomic E-state index is 13.0. The van der Waals surface area contributed by atoms with E-state index in [2.05, 4.69) is 25.3 Å². The highest BCUT2D eigenvalue weighted by atomic mass is 32.3. The summed E-state index contributed by atoms with van der Waals surface area (Å²) in [7, 11) is -4.73. The Bertz CT molecular complexity index is 1060. The average Bonchev–Trinajstić information content (AvgIpc) is 3.15. The van der Waals surface area contributed by atoms with Crippen molar-refractivity contribution in [2.45, 2.75) is 37.0 Å². The highest BCUT2D eigenvalue weighted by Crippen LogP contribution is 2.27. The molecule has 0 saturated heterocycles. The van der Waals surface area contributed by atoms with E-state index in [4.69, 9.17) is 4.74 Å². The zero-order valence-electron chi connectivity index (χ0n) is 15.1. The number of nitrogens with zero attached hydrogens (tertiary/aromatic N) is 3. The lowest BCUT2D eigenvalue weighted by molar-refractivity contribution is 0.205. The van der Waals surface area contributed by atoms with Gasteiger partial charge in [0.05, 0.1) is 17.8 Å². The molecule has 0 aliphatic heterocycles. The molecule has 2 N–H and O–H groups in total. The summed E-state index contributed by atoms with van der Waals surface area (Å²) in [5, 5.41) is 2.97. The predicted octanol–water partition coefficient (Wildman–Crippen LogP) is 3.71. The molecule has 0 atom stereocenters. The lowest BCUT2D eigenvalue weighted by Crippen LogP contribution is -2.16. The van der Waals surface area contributed by atoms with Crippen molar-refractivity contribution < 1.29 is 17.0 Å². The molecular formula is C18H20FN5O3S. The summed E-state index contributed by atoms with van der Waals surface area (Å²) < 4.78 is 40.8. The highest BCUT2D eigenvalue weighted by Gasteiger charge is 2.17. The molecule has 8 nitrogen and oxygen atoms in total. The summed E-state index contributed by atoms with van der Waals surface area (Å²) in [4.78, 5) is 15.5. The number of ether oxygens (including phenoxy) is 1. The van der Waals surface area contributed by atoms with Gasteiger partial charge in [-0.25, -0.2) is 4.98 Å². The molecular weight excluding hydrogens is 385 g/mol. The summed E-state index contributed by atoms with van der Waals surface area (Å²) in [5.74, 6) is 1.20. The molecule has 2 heterocycles. The van der Waals surface area contributed by atoms with Gasteiger partial charge in [-0.2, -0.15) is 18.4 Å². The number of fused-ring (bicyclic) bond motifs is 1. The molecule has 0 bridgehead atoms. The second-order valence-corrected chi connectivity index (χ2v) is 8.20. The molecule has 3 aromatic rings. The van der Waals surface area contributed by atoms with Gasteiger partial charge in [0.15, 0.2) is 5.65 Å². The lowest BCUT2D eigenvalue weighted by atomic mass is 9.90. The summed E-state index contributed by atoms with van der Waals surface area (Å²) in [6, 6.07) is 5.22. The van der Waals surface area contributed by atoms with Crippen LogP contribution in [0.2, 0.25) is 0 Å². The van der Waals surface area contributed by atoms with Crippen molar-refractivity contribution in [3.63, 3.8) is 0 Å². The van der Waals surface area contributed by atoms with Crippen LogP contribution in [0.15, 0.2) is 35.5 Å². The van der Waals surface area contributed by atoms with Crippen LogP contribution >= 0.6 is 0 Å². The summed E-state index contributed by atoms with van der Waals surface area (Å²) in [6.07, 6.45) is 7.59. The molecule has 148 valence electrons. The van der Waals surface area contributed by atoms with E-state index < -0.39 is 15.1 Å². The quantitative estimate of drug-likeness (QED) is 0.602. The molecule has 0 amide bonds. The first-order chi connectivity index (χ1) is 13.5. The molecule has 0 unspecified atom stereocenters. The normalized spacial score (nSPS) is 15.6. The Labute approximate surface area is 161 Å². The van der Waals surface area contributed by atoms with Crippen molar-refractivity contribution in [3.8, 4) is 5.88 Å². The summed E-state index contributed by atoms with van der Waals surface area (Å²) in [5.41, 5.74) is 1.60. The molecule has 1 saturated carbocycles. The van der Waals surface area contributed by atoms with E-state index >= 15 is 0 Å². The molecule has 0 spiro atoms. The Balaban J connectivity index is 1.54. The summed E-state index contributed by atoms with van der Waals surface area (Å²) >= 11 is 0. The monoisotopic (exact) mass is 405 g/mol. The van der Waals surface area contributed by atoms with Crippen LogP contribution in [0.3, 0.4) is 0 Å². The Morgan fingerprint density at radius 3 is 2.61 bits per heavy atom. The number of hydrogen-bond donors (Lipinski definition) is 2. The van der Waals surface area contributed by atoms with Crippen LogP contribution in [0.25, 0.3) is 11.2 Å². The van der Waals surface area contributed by atoms with Gasteiger partial charge in [-0.1, -0.05) is 19.3 Å². The molecule has 0 radical (unpaired) electrons. The van der Waals surface area contributed by atoms with E-state index in [-0.39, 0.29) is 5.95 Å². The van der Waals surface area contributed by atoms with Crippen LogP contribution in [-0.2, 0) is 10.2 Å². The third-order valence-corrected chi connectivity index (χ3v) is 5.66. The maximum Gasteiger partial charge on any atom is 0.332 e. The van der Waals surface area contributed by atoms with Gasteiger partial charge in [0.1, 0.15) is 5.52 Å². The number of nitrogens with one attached hydrogen (secondary N) is 2. The van der Waals surface area contributed by atoms with Gasteiger partial charge in [-0.15, -0.1) is 3.89 Å². The van der Waals surface area contributed by atoms with Crippen molar-refractivity contribution in [2.24, 2.45) is 5.92 Å². The lowest BCUT2D eigenvalue weighted by Gasteiger charge is -2.21. The van der Waals surface area contributed by atoms with Crippen molar-refractivity contribution in [1.29, 1.82) is 0 Å². The molecule has 1 aromatic carbocycles. The number of H-pyrrole nitrogens is 1. The molecule has 1 fully saturated rings. The first kappa shape index (κ1) is 18.6. The minimum absolute atomic E-state index is 0.258. The van der Waals surface area contributed by atoms with Gasteiger partial charge in [-0.05, 0) is 43.0 Å². The van der Waals surface area contributed by atoms with Gasteiger partial charge in [0.2, 0.25) is 11.8 Å². The number of imidazole rings is 1. The average molecular weight is 405 g/mol. The molecule has 10 heteroatoms. The second kappa shape index (κ2) is 7.70. The van der Waals surface area contributed by atoms with E-state index in [0.29, 0.717) is 35.3 Å². The highest BCUT2D eigenvalue weighted by molar-refractivity contribution is 7.86. The van der Waals surface area contributed by atoms with Gasteiger partial charge in [0.25, 0.3) is 0 Å². The van der Waals surface area contributed by atoms with E-state index in [1.165, 1.54) is 49.9 Å². The minimum atomic E-state index is -4.73. The fraction of sp³-hybridized carbons (Fsp3) is 0.389.